The first-order chi connectivity index (χ1) is 11.2. The van der Waals surface area contributed by atoms with Crippen molar-refractivity contribution in [3.63, 3.8) is 0 Å². The van der Waals surface area contributed by atoms with Gasteiger partial charge in [0.05, 0.1) is 11.8 Å². The zero-order chi connectivity index (χ0) is 16.0. The van der Waals surface area contributed by atoms with Crippen molar-refractivity contribution in [3.05, 3.63) is 23.9 Å². The van der Waals surface area contributed by atoms with Crippen molar-refractivity contribution in [2.45, 2.75) is 43.8 Å². The fourth-order valence-electron chi connectivity index (χ4n) is 3.99. The molecular weight excluding hydrogens is 310 g/mol. The molecule has 2 aromatic rings. The molecule has 0 radical (unpaired) electrons. The lowest BCUT2D eigenvalue weighted by atomic mass is 9.98. The highest BCUT2D eigenvalue weighted by Crippen LogP contribution is 2.34. The number of carbonyl (C=O) groups is 1. The van der Waals surface area contributed by atoms with Crippen LogP contribution in [0.15, 0.2) is 18.2 Å². The highest BCUT2D eigenvalue weighted by Gasteiger charge is 2.39. The number of carbonyl (C=O) groups excluding carboxylic acids is 1. The number of piperidine rings is 1. The number of methoxy groups -OCH3 is 1. The van der Waals surface area contributed by atoms with Crippen molar-refractivity contribution in [2.75, 3.05) is 14.2 Å². The Morgan fingerprint density at radius 1 is 1.35 bits per heavy atom. The third kappa shape index (κ3) is 2.60. The van der Waals surface area contributed by atoms with Crippen LogP contribution in [0, 0.1) is 0 Å². The number of rotatable bonds is 3. The second kappa shape index (κ2) is 5.76. The first-order valence-corrected chi connectivity index (χ1v) is 8.89. The van der Waals surface area contributed by atoms with Gasteiger partial charge in [0, 0.05) is 23.5 Å². The predicted molar refractivity (Wildman–Crippen MR) is 91.2 cm³/mol. The minimum Gasteiger partial charge on any atom is -0.497 e. The van der Waals surface area contributed by atoms with Crippen molar-refractivity contribution in [1.82, 2.24) is 14.6 Å². The number of nitrogens with one attached hydrogen (secondary N) is 1. The predicted octanol–water partition coefficient (Wildman–Crippen LogP) is 2.66. The fraction of sp³-hybridized carbons (Fsp3) is 0.529. The highest BCUT2D eigenvalue weighted by molar-refractivity contribution is 7.13. The molecule has 2 saturated heterocycles. The minimum absolute atomic E-state index is 0.0460. The second-order valence-electron chi connectivity index (χ2n) is 6.59. The monoisotopic (exact) mass is 331 g/mol. The zero-order valence-corrected chi connectivity index (χ0v) is 14.2. The molecule has 1 aromatic heterocycles. The molecule has 1 amide bonds. The molecule has 2 aliphatic rings. The van der Waals surface area contributed by atoms with E-state index in [-0.39, 0.29) is 11.9 Å². The molecule has 4 rings (SSSR count). The van der Waals surface area contributed by atoms with Crippen LogP contribution in [0.5, 0.6) is 5.75 Å². The minimum atomic E-state index is -0.0460. The zero-order valence-electron chi connectivity index (χ0n) is 13.4. The lowest BCUT2D eigenvalue weighted by molar-refractivity contribution is 0.0880. The summed E-state index contributed by atoms with van der Waals surface area (Å²) in [6, 6.07) is 7.24. The van der Waals surface area contributed by atoms with Crippen LogP contribution < -0.4 is 10.1 Å². The van der Waals surface area contributed by atoms with E-state index in [2.05, 4.69) is 21.6 Å². The Bertz CT molecular complexity index is 731. The van der Waals surface area contributed by atoms with E-state index in [4.69, 9.17) is 4.74 Å². The Morgan fingerprint density at radius 3 is 2.78 bits per heavy atom. The molecule has 23 heavy (non-hydrogen) atoms. The molecule has 0 aliphatic carbocycles. The van der Waals surface area contributed by atoms with E-state index in [0.717, 1.165) is 28.7 Å². The van der Waals surface area contributed by atoms with Crippen molar-refractivity contribution in [1.29, 1.82) is 0 Å². The fourth-order valence-corrected chi connectivity index (χ4v) is 4.79. The number of nitrogens with zero attached hydrogens (tertiary/aromatic N) is 2. The highest BCUT2D eigenvalue weighted by atomic mass is 32.1. The number of ether oxygens (including phenoxy) is 1. The SMILES string of the molecule is COc1ccc2c(C(=O)NC3C[C@H]4CC[C@@H](C3)N4C)nsc2c1. The maximum absolute atomic E-state index is 12.6. The summed E-state index contributed by atoms with van der Waals surface area (Å²) in [6.45, 7) is 0. The second-order valence-corrected chi connectivity index (χ2v) is 7.39. The van der Waals surface area contributed by atoms with Crippen molar-refractivity contribution in [2.24, 2.45) is 0 Å². The van der Waals surface area contributed by atoms with E-state index < -0.39 is 0 Å². The van der Waals surface area contributed by atoms with Gasteiger partial charge in [0.2, 0.25) is 0 Å². The molecular formula is C17H21N3O2S. The van der Waals surface area contributed by atoms with Crippen molar-refractivity contribution in [3.8, 4) is 5.75 Å². The molecule has 2 fully saturated rings. The average Bonchev–Trinajstić information content (AvgIpc) is 3.04. The molecule has 122 valence electrons. The van der Waals surface area contributed by atoms with Gasteiger partial charge in [-0.1, -0.05) is 0 Å². The third-order valence-electron chi connectivity index (χ3n) is 5.33. The van der Waals surface area contributed by atoms with Crippen LogP contribution in [0.25, 0.3) is 10.1 Å². The molecule has 0 saturated carbocycles. The van der Waals surface area contributed by atoms with Gasteiger partial charge in [-0.2, -0.15) is 4.37 Å². The van der Waals surface area contributed by atoms with Gasteiger partial charge in [-0.15, -0.1) is 0 Å². The van der Waals surface area contributed by atoms with Crippen LogP contribution in [0.4, 0.5) is 0 Å². The summed E-state index contributed by atoms with van der Waals surface area (Å²) < 4.78 is 10.6. The summed E-state index contributed by atoms with van der Waals surface area (Å²) in [5.74, 6) is 0.746. The maximum atomic E-state index is 12.6. The topological polar surface area (TPSA) is 54.5 Å². The Morgan fingerprint density at radius 2 is 2.09 bits per heavy atom. The Kier molecular flexibility index (Phi) is 3.73. The molecule has 5 nitrogen and oxygen atoms in total. The third-order valence-corrected chi connectivity index (χ3v) is 6.14. The van der Waals surface area contributed by atoms with Crippen LogP contribution in [-0.2, 0) is 0 Å². The van der Waals surface area contributed by atoms with Gasteiger partial charge >= 0.3 is 0 Å². The normalized spacial score (nSPS) is 27.3. The van der Waals surface area contributed by atoms with Crippen LogP contribution in [0.2, 0.25) is 0 Å². The first kappa shape index (κ1) is 14.9. The molecule has 2 aliphatic heterocycles. The largest absolute Gasteiger partial charge is 0.497 e. The lowest BCUT2D eigenvalue weighted by Gasteiger charge is -2.36. The number of benzene rings is 1. The molecule has 1 unspecified atom stereocenters. The molecule has 1 N–H and O–H groups in total. The lowest BCUT2D eigenvalue weighted by Crippen LogP contribution is -2.48. The maximum Gasteiger partial charge on any atom is 0.271 e. The van der Waals surface area contributed by atoms with Crippen molar-refractivity contribution >= 4 is 27.5 Å². The standard InChI is InChI=1S/C17H21N3O2S/c1-20-11-3-4-12(20)8-10(7-11)18-17(21)16-14-6-5-13(22-2)9-15(14)23-19-16/h5-6,9-12H,3-4,7-8H2,1-2H3,(H,18,21)/t10?,11-,12+. The number of amides is 1. The van der Waals surface area contributed by atoms with Gasteiger partial charge < -0.3 is 15.0 Å². The summed E-state index contributed by atoms with van der Waals surface area (Å²) in [7, 11) is 3.85. The van der Waals surface area contributed by atoms with Gasteiger partial charge in [-0.05, 0) is 62.5 Å². The number of fused-ring (bicyclic) bond motifs is 3. The van der Waals surface area contributed by atoms with Gasteiger partial charge in [-0.3, -0.25) is 4.79 Å². The van der Waals surface area contributed by atoms with Crippen LogP contribution in [0.3, 0.4) is 0 Å². The molecule has 3 heterocycles. The summed E-state index contributed by atoms with van der Waals surface area (Å²) in [5, 5.41) is 4.12. The molecule has 2 bridgehead atoms. The van der Waals surface area contributed by atoms with E-state index >= 15 is 0 Å². The van der Waals surface area contributed by atoms with Crippen molar-refractivity contribution < 1.29 is 9.53 Å². The van der Waals surface area contributed by atoms with Gasteiger partial charge in [-0.25, -0.2) is 0 Å². The van der Waals surface area contributed by atoms with E-state index in [9.17, 15) is 4.79 Å². The summed E-state index contributed by atoms with van der Waals surface area (Å²) >= 11 is 1.35. The quantitative estimate of drug-likeness (QED) is 0.939. The molecule has 3 atom stereocenters. The summed E-state index contributed by atoms with van der Waals surface area (Å²) in [5.41, 5.74) is 0.541. The molecule has 6 heteroatoms. The van der Waals surface area contributed by atoms with E-state index in [0.29, 0.717) is 17.8 Å². The van der Waals surface area contributed by atoms with E-state index in [1.165, 1.54) is 24.4 Å². The Hall–Kier alpha value is -1.66. The van der Waals surface area contributed by atoms with Gasteiger partial charge in [0.25, 0.3) is 5.91 Å². The van der Waals surface area contributed by atoms with Crippen LogP contribution in [0.1, 0.15) is 36.2 Å². The summed E-state index contributed by atoms with van der Waals surface area (Å²) in [4.78, 5) is 15.1. The van der Waals surface area contributed by atoms with Crippen LogP contribution >= 0.6 is 11.5 Å². The van der Waals surface area contributed by atoms with E-state index in [1.807, 2.05) is 18.2 Å². The first-order valence-electron chi connectivity index (χ1n) is 8.12. The number of aromatic nitrogens is 1. The average molecular weight is 331 g/mol. The van der Waals surface area contributed by atoms with Gasteiger partial charge in [0.1, 0.15) is 11.4 Å². The molecule has 1 aromatic carbocycles. The Labute approximate surface area is 139 Å². The Balaban J connectivity index is 1.51. The summed E-state index contributed by atoms with van der Waals surface area (Å²) in [6.07, 6.45) is 4.61. The van der Waals surface area contributed by atoms with Crippen LogP contribution in [-0.4, -0.2) is 47.5 Å². The number of hydrogen-bond donors (Lipinski definition) is 1. The van der Waals surface area contributed by atoms with E-state index in [1.54, 1.807) is 7.11 Å². The molecule has 0 spiro atoms. The number of hydrogen-bond acceptors (Lipinski definition) is 5. The van der Waals surface area contributed by atoms with Gasteiger partial charge in [0.15, 0.2) is 0 Å². The smallest absolute Gasteiger partial charge is 0.271 e.